The first kappa shape index (κ1) is 20.1. The van der Waals surface area contributed by atoms with Crippen LogP contribution in [0, 0.1) is 5.92 Å². The number of rotatable bonds is 7. The molecule has 0 bridgehead atoms. The minimum atomic E-state index is -4.76. The molecule has 0 saturated heterocycles. The molecule has 2 rings (SSSR count). The van der Waals surface area contributed by atoms with E-state index in [0.717, 1.165) is 0 Å². The standard InChI is InChI=1S/C18H17ClF3NO3/c19-15-6-4-14(5-7-15)17(25)23-10-13(11-24)8-12-2-1-3-16(9-12)26-18(20,21)22/h1-7,9,13,24H,8,10-11H2,(H,23,25)/t13-/m0/s1. The number of ether oxygens (including phenoxy) is 1. The Hall–Kier alpha value is -2.25. The van der Waals surface area contributed by atoms with Crippen LogP contribution >= 0.6 is 11.6 Å². The van der Waals surface area contributed by atoms with Crippen LogP contribution in [-0.2, 0) is 6.42 Å². The minimum Gasteiger partial charge on any atom is -0.406 e. The van der Waals surface area contributed by atoms with Crippen LogP contribution in [0.25, 0.3) is 0 Å². The van der Waals surface area contributed by atoms with Gasteiger partial charge in [-0.05, 0) is 48.4 Å². The maximum absolute atomic E-state index is 12.3. The van der Waals surface area contributed by atoms with Crippen molar-refractivity contribution in [2.45, 2.75) is 12.8 Å². The summed E-state index contributed by atoms with van der Waals surface area (Å²) in [6, 6.07) is 11.9. The third-order valence-corrected chi connectivity index (χ3v) is 3.82. The lowest BCUT2D eigenvalue weighted by atomic mass is 9.99. The fourth-order valence-corrected chi connectivity index (χ4v) is 2.47. The van der Waals surface area contributed by atoms with Crippen molar-refractivity contribution < 1.29 is 27.8 Å². The fourth-order valence-electron chi connectivity index (χ4n) is 2.34. The first-order chi connectivity index (χ1) is 12.3. The highest BCUT2D eigenvalue weighted by atomic mass is 35.5. The number of nitrogens with one attached hydrogen (secondary N) is 1. The van der Waals surface area contributed by atoms with Gasteiger partial charge in [-0.3, -0.25) is 4.79 Å². The number of hydrogen-bond donors (Lipinski definition) is 2. The molecule has 1 amide bonds. The van der Waals surface area contributed by atoms with E-state index in [1.165, 1.54) is 18.2 Å². The Morgan fingerprint density at radius 1 is 1.19 bits per heavy atom. The van der Waals surface area contributed by atoms with Crippen molar-refractivity contribution in [1.29, 1.82) is 0 Å². The molecule has 2 aromatic rings. The summed E-state index contributed by atoms with van der Waals surface area (Å²) < 4.78 is 40.7. The molecule has 8 heteroatoms. The number of carbonyl (C=O) groups excluding carboxylic acids is 1. The highest BCUT2D eigenvalue weighted by Gasteiger charge is 2.31. The summed E-state index contributed by atoms with van der Waals surface area (Å²) in [6.45, 7) is -0.0619. The molecule has 0 aromatic heterocycles. The van der Waals surface area contributed by atoms with Crippen LogP contribution in [0.5, 0.6) is 5.75 Å². The maximum Gasteiger partial charge on any atom is 0.573 e. The Kier molecular flexibility index (Phi) is 6.88. The van der Waals surface area contributed by atoms with Crippen LogP contribution in [0.4, 0.5) is 13.2 Å². The predicted octanol–water partition coefficient (Wildman–Crippen LogP) is 3.82. The number of aliphatic hydroxyl groups is 1. The van der Waals surface area contributed by atoms with Crippen molar-refractivity contribution in [2.75, 3.05) is 13.2 Å². The first-order valence-corrected chi connectivity index (χ1v) is 8.14. The van der Waals surface area contributed by atoms with Gasteiger partial charge < -0.3 is 15.2 Å². The zero-order chi connectivity index (χ0) is 19.2. The van der Waals surface area contributed by atoms with E-state index in [1.54, 1.807) is 30.3 Å². The van der Waals surface area contributed by atoms with Gasteiger partial charge in [-0.1, -0.05) is 23.7 Å². The fraction of sp³-hybridized carbons (Fsp3) is 0.278. The lowest BCUT2D eigenvalue weighted by molar-refractivity contribution is -0.274. The van der Waals surface area contributed by atoms with Gasteiger partial charge in [0.15, 0.2) is 0 Å². The summed E-state index contributed by atoms with van der Waals surface area (Å²) in [6.07, 6.45) is -4.48. The van der Waals surface area contributed by atoms with Crippen molar-refractivity contribution in [3.63, 3.8) is 0 Å². The van der Waals surface area contributed by atoms with Crippen LogP contribution in [0.15, 0.2) is 48.5 Å². The summed E-state index contributed by atoms with van der Waals surface area (Å²) in [5.74, 6) is -1.00. The van der Waals surface area contributed by atoms with Gasteiger partial charge in [0.1, 0.15) is 5.75 Å². The Morgan fingerprint density at radius 3 is 2.50 bits per heavy atom. The van der Waals surface area contributed by atoms with Crippen molar-refractivity contribution in [1.82, 2.24) is 5.32 Å². The van der Waals surface area contributed by atoms with Crippen LogP contribution in [-0.4, -0.2) is 30.5 Å². The van der Waals surface area contributed by atoms with Gasteiger partial charge in [0, 0.05) is 29.7 Å². The predicted molar refractivity (Wildman–Crippen MR) is 91.2 cm³/mol. The molecule has 4 nitrogen and oxygen atoms in total. The molecule has 0 radical (unpaired) electrons. The second kappa shape index (κ2) is 8.91. The van der Waals surface area contributed by atoms with E-state index in [4.69, 9.17) is 11.6 Å². The molecule has 0 aliphatic heterocycles. The molecule has 0 fully saturated rings. The summed E-state index contributed by atoms with van der Waals surface area (Å²) in [5.41, 5.74) is 0.984. The molecular formula is C18H17ClF3NO3. The van der Waals surface area contributed by atoms with Gasteiger partial charge in [-0.2, -0.15) is 0 Å². The van der Waals surface area contributed by atoms with Gasteiger partial charge in [0.05, 0.1) is 0 Å². The van der Waals surface area contributed by atoms with Crippen molar-refractivity contribution in [2.24, 2.45) is 5.92 Å². The van der Waals surface area contributed by atoms with E-state index in [2.05, 4.69) is 10.1 Å². The molecular weight excluding hydrogens is 371 g/mol. The smallest absolute Gasteiger partial charge is 0.406 e. The zero-order valence-corrected chi connectivity index (χ0v) is 14.3. The molecule has 0 heterocycles. The topological polar surface area (TPSA) is 58.6 Å². The minimum absolute atomic E-state index is 0.169. The third-order valence-electron chi connectivity index (χ3n) is 3.57. The lowest BCUT2D eigenvalue weighted by Crippen LogP contribution is -2.31. The lowest BCUT2D eigenvalue weighted by Gasteiger charge is -2.16. The Bertz CT molecular complexity index is 735. The van der Waals surface area contributed by atoms with E-state index < -0.39 is 6.36 Å². The quantitative estimate of drug-likeness (QED) is 0.759. The van der Waals surface area contributed by atoms with E-state index in [0.29, 0.717) is 16.1 Å². The van der Waals surface area contributed by atoms with Gasteiger partial charge >= 0.3 is 6.36 Å². The summed E-state index contributed by atoms with van der Waals surface area (Å²) in [5, 5.41) is 12.7. The summed E-state index contributed by atoms with van der Waals surface area (Å²) in [4.78, 5) is 12.1. The maximum atomic E-state index is 12.3. The van der Waals surface area contributed by atoms with E-state index in [9.17, 15) is 23.1 Å². The SMILES string of the molecule is O=C(NC[C@@H](CO)Cc1cccc(OC(F)(F)F)c1)c1ccc(Cl)cc1. The van der Waals surface area contributed by atoms with Crippen molar-refractivity contribution >= 4 is 17.5 Å². The molecule has 0 unspecified atom stereocenters. The average molecular weight is 388 g/mol. The van der Waals surface area contributed by atoms with Crippen molar-refractivity contribution in [3.8, 4) is 5.75 Å². The number of alkyl halides is 3. The number of halogens is 4. The first-order valence-electron chi connectivity index (χ1n) is 7.76. The number of hydrogen-bond acceptors (Lipinski definition) is 3. The second-order valence-electron chi connectivity index (χ2n) is 5.66. The molecule has 26 heavy (non-hydrogen) atoms. The van der Waals surface area contributed by atoms with Crippen LogP contribution in [0.3, 0.4) is 0 Å². The highest BCUT2D eigenvalue weighted by molar-refractivity contribution is 6.30. The van der Waals surface area contributed by atoms with Crippen LogP contribution < -0.4 is 10.1 Å². The second-order valence-corrected chi connectivity index (χ2v) is 6.10. The third kappa shape index (κ3) is 6.57. The molecule has 0 saturated carbocycles. The van der Waals surface area contributed by atoms with Gasteiger partial charge in [-0.25, -0.2) is 0 Å². The van der Waals surface area contributed by atoms with E-state index in [-0.39, 0.29) is 37.1 Å². The van der Waals surface area contributed by atoms with Gasteiger partial charge in [0.25, 0.3) is 5.91 Å². The largest absolute Gasteiger partial charge is 0.573 e. The highest BCUT2D eigenvalue weighted by Crippen LogP contribution is 2.24. The average Bonchev–Trinajstić information content (AvgIpc) is 2.57. The molecule has 0 aliphatic rings. The molecule has 2 N–H and O–H groups in total. The zero-order valence-electron chi connectivity index (χ0n) is 13.6. The number of aliphatic hydroxyl groups excluding tert-OH is 1. The van der Waals surface area contributed by atoms with E-state index >= 15 is 0 Å². The number of benzene rings is 2. The van der Waals surface area contributed by atoms with Crippen LogP contribution in [0.2, 0.25) is 5.02 Å². The Balaban J connectivity index is 1.93. The number of carbonyl (C=O) groups is 1. The summed E-state index contributed by atoms with van der Waals surface area (Å²) in [7, 11) is 0. The molecule has 1 atom stereocenters. The molecule has 0 aliphatic carbocycles. The Labute approximate surface area is 153 Å². The van der Waals surface area contributed by atoms with Crippen LogP contribution in [0.1, 0.15) is 15.9 Å². The number of amides is 1. The molecule has 140 valence electrons. The van der Waals surface area contributed by atoms with Gasteiger partial charge in [-0.15, -0.1) is 13.2 Å². The van der Waals surface area contributed by atoms with E-state index in [1.807, 2.05) is 0 Å². The summed E-state index contributed by atoms with van der Waals surface area (Å²) >= 11 is 5.76. The Morgan fingerprint density at radius 2 is 1.88 bits per heavy atom. The van der Waals surface area contributed by atoms with Gasteiger partial charge in [0.2, 0.25) is 0 Å². The molecule has 2 aromatic carbocycles. The van der Waals surface area contributed by atoms with Crippen molar-refractivity contribution in [3.05, 3.63) is 64.7 Å². The monoisotopic (exact) mass is 387 g/mol. The molecule has 0 spiro atoms. The normalized spacial score (nSPS) is 12.5.